The minimum Gasteiger partial charge on any atom is -0.244 e. The van der Waals surface area contributed by atoms with Crippen LogP contribution in [0.1, 0.15) is 65.2 Å². The maximum Gasteiger partial charge on any atom is 0.134 e. The summed E-state index contributed by atoms with van der Waals surface area (Å²) in [5, 5.41) is 0. The summed E-state index contributed by atoms with van der Waals surface area (Å²) in [5.74, 6) is 3.79. The first kappa shape index (κ1) is 14.8. The summed E-state index contributed by atoms with van der Waals surface area (Å²) in [4.78, 5) is 0. The van der Waals surface area contributed by atoms with Crippen molar-refractivity contribution in [3.05, 3.63) is 0 Å². The van der Waals surface area contributed by atoms with E-state index in [1.807, 2.05) is 6.92 Å². The van der Waals surface area contributed by atoms with Crippen LogP contribution >= 0.6 is 0 Å². The molecule has 0 aromatic heterocycles. The van der Waals surface area contributed by atoms with Crippen molar-refractivity contribution in [3.8, 4) is 0 Å². The van der Waals surface area contributed by atoms with Crippen molar-refractivity contribution in [2.45, 2.75) is 77.6 Å². The minimum absolute atomic E-state index is 0.0761. The Balaban J connectivity index is 1.59. The van der Waals surface area contributed by atoms with Gasteiger partial charge in [0.1, 0.15) is 12.3 Å². The van der Waals surface area contributed by atoms with Gasteiger partial charge in [-0.15, -0.1) is 0 Å². The van der Waals surface area contributed by atoms with Crippen LogP contribution in [0.5, 0.6) is 0 Å². The third-order valence-electron chi connectivity index (χ3n) is 6.67. The first-order valence-electron chi connectivity index (χ1n) is 8.82. The zero-order valence-corrected chi connectivity index (χ0v) is 13.0. The topological polar surface area (TPSA) is 0 Å². The first-order valence-corrected chi connectivity index (χ1v) is 8.82. The van der Waals surface area contributed by atoms with Crippen LogP contribution in [-0.2, 0) is 0 Å². The highest BCUT2D eigenvalue weighted by Crippen LogP contribution is 2.49. The van der Waals surface area contributed by atoms with Crippen molar-refractivity contribution >= 4 is 0 Å². The Hall–Kier alpha value is -0.140. The molecule has 3 aliphatic rings. The minimum atomic E-state index is -1.21. The Bertz CT molecular complexity index is 317. The smallest absolute Gasteiger partial charge is 0.134 e. The average Bonchev–Trinajstić information content (AvgIpc) is 2.43. The molecule has 3 fully saturated rings. The summed E-state index contributed by atoms with van der Waals surface area (Å²) in [7, 11) is 0. The molecule has 8 unspecified atom stereocenters. The average molecular weight is 284 g/mol. The van der Waals surface area contributed by atoms with E-state index in [1.165, 1.54) is 38.5 Å². The number of rotatable bonds is 1. The van der Waals surface area contributed by atoms with Gasteiger partial charge in [-0.2, -0.15) is 0 Å². The molecule has 0 aromatic carbocycles. The van der Waals surface area contributed by atoms with E-state index < -0.39 is 12.3 Å². The molecular formula is C18H30F2. The van der Waals surface area contributed by atoms with E-state index >= 15 is 0 Å². The zero-order valence-electron chi connectivity index (χ0n) is 13.0. The van der Waals surface area contributed by atoms with Crippen LogP contribution in [0.3, 0.4) is 0 Å². The van der Waals surface area contributed by atoms with Crippen molar-refractivity contribution in [3.63, 3.8) is 0 Å². The molecule has 3 rings (SSSR count). The van der Waals surface area contributed by atoms with Gasteiger partial charge in [-0.25, -0.2) is 8.78 Å². The van der Waals surface area contributed by atoms with Crippen molar-refractivity contribution < 1.29 is 8.78 Å². The maximum atomic E-state index is 13.8. The highest BCUT2D eigenvalue weighted by atomic mass is 19.2. The van der Waals surface area contributed by atoms with Crippen LogP contribution in [0.2, 0.25) is 0 Å². The third-order valence-corrected chi connectivity index (χ3v) is 6.67. The van der Waals surface area contributed by atoms with E-state index in [2.05, 4.69) is 6.92 Å². The summed E-state index contributed by atoms with van der Waals surface area (Å²) >= 11 is 0. The molecule has 8 atom stereocenters. The van der Waals surface area contributed by atoms with Crippen LogP contribution in [0.4, 0.5) is 8.78 Å². The normalized spacial score (nSPS) is 53.4. The number of halogens is 2. The van der Waals surface area contributed by atoms with Crippen molar-refractivity contribution in [1.29, 1.82) is 0 Å². The molecule has 0 aromatic rings. The van der Waals surface area contributed by atoms with Crippen molar-refractivity contribution in [2.24, 2.45) is 35.5 Å². The molecule has 0 heterocycles. The number of fused-ring (bicyclic) bond motifs is 1. The lowest BCUT2D eigenvalue weighted by atomic mass is 9.61. The SMILES string of the molecule is CC1CCC2CC(C3CC(C)C(F)C(F)C3)CCC2C1. The molecule has 116 valence electrons. The summed E-state index contributed by atoms with van der Waals surface area (Å²) in [6, 6.07) is 0. The van der Waals surface area contributed by atoms with Crippen molar-refractivity contribution in [1.82, 2.24) is 0 Å². The molecule has 3 aliphatic carbocycles. The fourth-order valence-corrected chi connectivity index (χ4v) is 5.45. The maximum absolute atomic E-state index is 13.8. The van der Waals surface area contributed by atoms with Gasteiger partial charge in [-0.3, -0.25) is 0 Å². The highest BCUT2D eigenvalue weighted by Gasteiger charge is 2.42. The number of hydrogen-bond donors (Lipinski definition) is 0. The third kappa shape index (κ3) is 2.90. The predicted molar refractivity (Wildman–Crippen MR) is 79.0 cm³/mol. The first-order chi connectivity index (χ1) is 9.54. The fraction of sp³-hybridized carbons (Fsp3) is 1.00. The van der Waals surface area contributed by atoms with E-state index in [0.29, 0.717) is 18.3 Å². The second-order valence-electron chi connectivity index (χ2n) is 8.18. The highest BCUT2D eigenvalue weighted by molar-refractivity contribution is 4.92. The molecular weight excluding hydrogens is 254 g/mol. The molecule has 0 amide bonds. The van der Waals surface area contributed by atoms with E-state index in [9.17, 15) is 8.78 Å². The van der Waals surface area contributed by atoms with Gasteiger partial charge in [0.05, 0.1) is 0 Å². The summed E-state index contributed by atoms with van der Waals surface area (Å²) in [5.41, 5.74) is 0. The fourth-order valence-electron chi connectivity index (χ4n) is 5.45. The van der Waals surface area contributed by atoms with Crippen LogP contribution in [0.25, 0.3) is 0 Å². The largest absolute Gasteiger partial charge is 0.244 e. The van der Waals surface area contributed by atoms with E-state index in [4.69, 9.17) is 0 Å². The van der Waals surface area contributed by atoms with E-state index in [0.717, 1.165) is 24.2 Å². The summed E-state index contributed by atoms with van der Waals surface area (Å²) in [6.07, 6.45) is 7.10. The summed E-state index contributed by atoms with van der Waals surface area (Å²) in [6.45, 7) is 4.29. The lowest BCUT2D eigenvalue weighted by Gasteiger charge is -2.45. The van der Waals surface area contributed by atoms with Gasteiger partial charge in [0.25, 0.3) is 0 Å². The number of alkyl halides is 2. The van der Waals surface area contributed by atoms with E-state index in [1.54, 1.807) is 0 Å². The monoisotopic (exact) mass is 284 g/mol. The Labute approximate surface area is 122 Å². The number of hydrogen-bond acceptors (Lipinski definition) is 0. The van der Waals surface area contributed by atoms with E-state index in [-0.39, 0.29) is 5.92 Å². The zero-order chi connectivity index (χ0) is 14.3. The van der Waals surface area contributed by atoms with Gasteiger partial charge >= 0.3 is 0 Å². The van der Waals surface area contributed by atoms with Gasteiger partial charge in [0.2, 0.25) is 0 Å². The Morgan fingerprint density at radius 2 is 1.25 bits per heavy atom. The molecule has 0 spiro atoms. The van der Waals surface area contributed by atoms with Crippen LogP contribution in [-0.4, -0.2) is 12.3 Å². The molecule has 2 heteroatoms. The lowest BCUT2D eigenvalue weighted by Crippen LogP contribution is -2.40. The molecule has 0 radical (unpaired) electrons. The van der Waals surface area contributed by atoms with Gasteiger partial charge in [0.15, 0.2) is 0 Å². The Morgan fingerprint density at radius 1 is 0.650 bits per heavy atom. The van der Waals surface area contributed by atoms with Crippen LogP contribution in [0.15, 0.2) is 0 Å². The standard InChI is InChI=1S/C18H30F2/c1-11-3-4-14-9-15(6-5-13(14)7-11)16-8-12(2)18(20)17(19)10-16/h11-18H,3-10H2,1-2H3. The summed E-state index contributed by atoms with van der Waals surface area (Å²) < 4.78 is 27.5. The molecule has 0 bridgehead atoms. The quantitative estimate of drug-likeness (QED) is 0.591. The molecule has 0 saturated heterocycles. The van der Waals surface area contributed by atoms with Gasteiger partial charge in [-0.05, 0) is 80.5 Å². The van der Waals surface area contributed by atoms with Crippen molar-refractivity contribution in [2.75, 3.05) is 0 Å². The Kier molecular flexibility index (Phi) is 4.38. The molecule has 20 heavy (non-hydrogen) atoms. The molecule has 3 saturated carbocycles. The second-order valence-corrected chi connectivity index (χ2v) is 8.18. The van der Waals surface area contributed by atoms with Crippen LogP contribution < -0.4 is 0 Å². The van der Waals surface area contributed by atoms with Gasteiger partial charge in [-0.1, -0.05) is 20.3 Å². The lowest BCUT2D eigenvalue weighted by molar-refractivity contribution is 0.00203. The molecule has 0 N–H and O–H groups in total. The van der Waals surface area contributed by atoms with Crippen LogP contribution in [0, 0.1) is 35.5 Å². The Morgan fingerprint density at radius 3 is 1.95 bits per heavy atom. The van der Waals surface area contributed by atoms with Gasteiger partial charge in [0, 0.05) is 0 Å². The predicted octanol–water partition coefficient (Wildman–Crippen LogP) is 5.56. The molecule has 0 nitrogen and oxygen atoms in total. The molecule has 0 aliphatic heterocycles. The second kappa shape index (κ2) is 5.93. The van der Waals surface area contributed by atoms with Gasteiger partial charge < -0.3 is 0 Å².